The number of hydrogen-bond acceptors (Lipinski definition) is 3. The molecule has 3 rings (SSSR count). The average molecular weight is 333 g/mol. The molecule has 1 aliphatic carbocycles. The molecule has 0 fully saturated rings. The zero-order chi connectivity index (χ0) is 14.3. The van der Waals surface area contributed by atoms with Crippen molar-refractivity contribution in [2.24, 2.45) is 0 Å². The van der Waals surface area contributed by atoms with E-state index in [1.807, 2.05) is 24.3 Å². The van der Waals surface area contributed by atoms with Crippen LogP contribution in [0.1, 0.15) is 28.9 Å². The van der Waals surface area contributed by atoms with Crippen molar-refractivity contribution in [2.75, 3.05) is 5.73 Å². The maximum Gasteiger partial charge on any atom is 0.194 e. The summed E-state index contributed by atoms with van der Waals surface area (Å²) in [7, 11) is 0. The number of nitrogen functional groups attached to an aromatic ring is 1. The summed E-state index contributed by atoms with van der Waals surface area (Å²) in [5.74, 6) is 0.279. The number of anilines is 1. The van der Waals surface area contributed by atoms with E-state index in [2.05, 4.69) is 15.9 Å². The van der Waals surface area contributed by atoms with Gasteiger partial charge in [0.25, 0.3) is 0 Å². The summed E-state index contributed by atoms with van der Waals surface area (Å²) in [4.78, 5) is 24.0. The van der Waals surface area contributed by atoms with Gasteiger partial charge in [0.2, 0.25) is 0 Å². The van der Waals surface area contributed by atoms with E-state index >= 15 is 0 Å². The lowest BCUT2D eigenvalue weighted by Gasteiger charge is -2.22. The first-order chi connectivity index (χ1) is 9.58. The maximum atomic E-state index is 12.0. The van der Waals surface area contributed by atoms with Gasteiger partial charge in [0, 0.05) is 28.3 Å². The van der Waals surface area contributed by atoms with Crippen molar-refractivity contribution in [3.8, 4) is 5.69 Å². The van der Waals surface area contributed by atoms with Crippen LogP contribution in [0.3, 0.4) is 0 Å². The van der Waals surface area contributed by atoms with E-state index < -0.39 is 0 Å². The Morgan fingerprint density at radius 1 is 1.15 bits per heavy atom. The number of ketones is 1. The average Bonchev–Trinajstić information content (AvgIpc) is 2.38. The summed E-state index contributed by atoms with van der Waals surface area (Å²) < 4.78 is 2.72. The van der Waals surface area contributed by atoms with Crippen molar-refractivity contribution >= 4 is 27.5 Å². The van der Waals surface area contributed by atoms with Crippen molar-refractivity contribution < 1.29 is 4.79 Å². The second-order valence-electron chi connectivity index (χ2n) is 4.85. The van der Waals surface area contributed by atoms with Crippen molar-refractivity contribution in [3.05, 3.63) is 56.3 Å². The van der Waals surface area contributed by atoms with Crippen LogP contribution < -0.4 is 11.2 Å². The fourth-order valence-electron chi connectivity index (χ4n) is 2.68. The molecule has 0 spiro atoms. The van der Waals surface area contributed by atoms with Gasteiger partial charge in [0.15, 0.2) is 11.2 Å². The van der Waals surface area contributed by atoms with E-state index in [4.69, 9.17) is 5.73 Å². The van der Waals surface area contributed by atoms with Crippen LogP contribution in [0.15, 0.2) is 39.6 Å². The maximum absolute atomic E-state index is 12.0. The highest BCUT2D eigenvalue weighted by Crippen LogP contribution is 2.26. The largest absolute Gasteiger partial charge is 0.385 e. The Morgan fingerprint density at radius 3 is 2.70 bits per heavy atom. The predicted molar refractivity (Wildman–Crippen MR) is 81.4 cm³/mol. The van der Waals surface area contributed by atoms with Gasteiger partial charge in [-0.25, -0.2) is 0 Å². The zero-order valence-electron chi connectivity index (χ0n) is 10.7. The second-order valence-corrected chi connectivity index (χ2v) is 5.76. The molecule has 0 saturated heterocycles. The number of halogens is 1. The Hall–Kier alpha value is -1.88. The molecule has 1 aromatic heterocycles. The van der Waals surface area contributed by atoms with E-state index in [9.17, 15) is 9.59 Å². The van der Waals surface area contributed by atoms with Gasteiger partial charge in [-0.1, -0.05) is 22.0 Å². The number of pyridine rings is 1. The third-order valence-corrected chi connectivity index (χ3v) is 4.00. The molecule has 5 heteroatoms. The number of carbonyl (C=O) groups is 1. The number of aromatic nitrogens is 1. The summed E-state index contributed by atoms with van der Waals surface area (Å²) >= 11 is 3.42. The molecule has 0 amide bonds. The van der Waals surface area contributed by atoms with Gasteiger partial charge in [-0.15, -0.1) is 0 Å². The Balaban J connectivity index is 2.34. The van der Waals surface area contributed by atoms with E-state index in [0.29, 0.717) is 24.2 Å². The van der Waals surface area contributed by atoms with Gasteiger partial charge < -0.3 is 5.73 Å². The lowest BCUT2D eigenvalue weighted by molar-refractivity contribution is 0.0970. The lowest BCUT2D eigenvalue weighted by Crippen LogP contribution is -2.27. The minimum atomic E-state index is -0.270. The fraction of sp³-hybridized carbons (Fsp3) is 0.200. The van der Waals surface area contributed by atoms with Crippen LogP contribution in [0.5, 0.6) is 0 Å². The molecule has 0 unspecified atom stereocenters. The number of nitrogens with two attached hydrogens (primary N) is 1. The van der Waals surface area contributed by atoms with Crippen molar-refractivity contribution in [3.63, 3.8) is 0 Å². The molecular weight excluding hydrogens is 320 g/mol. The summed E-state index contributed by atoms with van der Waals surface area (Å²) in [6.45, 7) is 0. The van der Waals surface area contributed by atoms with Crippen LogP contribution in [0.25, 0.3) is 5.69 Å². The first-order valence-corrected chi connectivity index (χ1v) is 7.21. The molecule has 1 aliphatic rings. The van der Waals surface area contributed by atoms with Gasteiger partial charge in [-0.05, 0) is 31.0 Å². The van der Waals surface area contributed by atoms with Crippen molar-refractivity contribution in [1.29, 1.82) is 0 Å². The quantitative estimate of drug-likeness (QED) is 0.873. The first-order valence-electron chi connectivity index (χ1n) is 6.41. The molecule has 0 aliphatic heterocycles. The predicted octanol–water partition coefficient (Wildman–Crippen LogP) is 2.70. The number of rotatable bonds is 1. The van der Waals surface area contributed by atoms with Gasteiger partial charge in [-0.3, -0.25) is 14.2 Å². The number of benzene rings is 1. The molecule has 4 nitrogen and oxygen atoms in total. The monoisotopic (exact) mass is 332 g/mol. The summed E-state index contributed by atoms with van der Waals surface area (Å²) in [5, 5.41) is 0. The van der Waals surface area contributed by atoms with Crippen LogP contribution >= 0.6 is 15.9 Å². The van der Waals surface area contributed by atoms with Gasteiger partial charge in [0.05, 0.1) is 5.56 Å². The molecule has 0 saturated carbocycles. The van der Waals surface area contributed by atoms with E-state index in [1.54, 1.807) is 4.57 Å². The Bertz CT molecular complexity index is 765. The second kappa shape index (κ2) is 4.90. The molecule has 1 aromatic carbocycles. The topological polar surface area (TPSA) is 65.1 Å². The van der Waals surface area contributed by atoms with Gasteiger partial charge in [-0.2, -0.15) is 0 Å². The minimum Gasteiger partial charge on any atom is -0.385 e. The SMILES string of the molecule is Nc1cc(=O)c2c(n1-c1cccc(Br)c1)CCCC2=O. The summed E-state index contributed by atoms with van der Waals surface area (Å²) in [6, 6.07) is 8.97. The molecule has 1 heterocycles. The highest BCUT2D eigenvalue weighted by molar-refractivity contribution is 9.10. The third kappa shape index (κ3) is 2.08. The van der Waals surface area contributed by atoms with Crippen molar-refractivity contribution in [1.82, 2.24) is 4.57 Å². The molecule has 0 atom stereocenters. The number of hydrogen-bond donors (Lipinski definition) is 1. The smallest absolute Gasteiger partial charge is 0.194 e. The highest BCUT2D eigenvalue weighted by Gasteiger charge is 2.24. The Kier molecular flexibility index (Phi) is 3.22. The lowest BCUT2D eigenvalue weighted by atomic mass is 9.93. The van der Waals surface area contributed by atoms with Crippen LogP contribution in [0, 0.1) is 0 Å². The van der Waals surface area contributed by atoms with E-state index in [-0.39, 0.29) is 11.2 Å². The molecule has 2 N–H and O–H groups in total. The van der Waals surface area contributed by atoms with Crippen LogP contribution in [0.2, 0.25) is 0 Å². The van der Waals surface area contributed by atoms with Crippen LogP contribution in [-0.2, 0) is 6.42 Å². The number of nitrogens with zero attached hydrogens (tertiary/aromatic N) is 1. The molecule has 102 valence electrons. The first kappa shape index (κ1) is 13.1. The molecule has 0 radical (unpaired) electrons. The molecular formula is C15H13BrN2O2. The fourth-order valence-corrected chi connectivity index (χ4v) is 3.06. The summed E-state index contributed by atoms with van der Waals surface area (Å²) in [5.41, 5.74) is 7.61. The van der Waals surface area contributed by atoms with Crippen LogP contribution in [0.4, 0.5) is 5.82 Å². The minimum absolute atomic E-state index is 0.0833. The Labute approximate surface area is 124 Å². The molecule has 20 heavy (non-hydrogen) atoms. The third-order valence-electron chi connectivity index (χ3n) is 3.50. The highest BCUT2D eigenvalue weighted by atomic mass is 79.9. The summed E-state index contributed by atoms with van der Waals surface area (Å²) in [6.07, 6.45) is 1.88. The zero-order valence-corrected chi connectivity index (χ0v) is 12.3. The van der Waals surface area contributed by atoms with Crippen molar-refractivity contribution in [2.45, 2.75) is 19.3 Å². The normalized spacial score (nSPS) is 14.2. The number of carbonyl (C=O) groups excluding carboxylic acids is 1. The number of Topliss-reactive ketones (excluding diaryl/α,β-unsaturated/α-hetero) is 1. The Morgan fingerprint density at radius 2 is 1.95 bits per heavy atom. The van der Waals surface area contributed by atoms with E-state index in [0.717, 1.165) is 22.3 Å². The van der Waals surface area contributed by atoms with Gasteiger partial charge >= 0.3 is 0 Å². The van der Waals surface area contributed by atoms with Gasteiger partial charge in [0.1, 0.15) is 5.82 Å². The van der Waals surface area contributed by atoms with E-state index in [1.165, 1.54) is 6.07 Å². The molecule has 2 aromatic rings. The standard InChI is InChI=1S/C15H13BrN2O2/c16-9-3-1-4-10(7-9)18-11-5-2-6-12(19)15(11)13(20)8-14(18)17/h1,3-4,7-8H,2,5-6,17H2. The number of fused-ring (bicyclic) bond motifs is 1. The molecule has 0 bridgehead atoms. The van der Waals surface area contributed by atoms with Crippen LogP contribution in [-0.4, -0.2) is 10.4 Å².